The van der Waals surface area contributed by atoms with Crippen LogP contribution in [0.1, 0.15) is 35.4 Å². The zero-order chi connectivity index (χ0) is 13.9. The summed E-state index contributed by atoms with van der Waals surface area (Å²) in [5.41, 5.74) is -0.591. The van der Waals surface area contributed by atoms with E-state index in [2.05, 4.69) is 15.9 Å². The molecule has 0 fully saturated rings. The fourth-order valence-corrected chi connectivity index (χ4v) is 2.01. The van der Waals surface area contributed by atoms with E-state index >= 15 is 0 Å². The Morgan fingerprint density at radius 1 is 1.33 bits per heavy atom. The van der Waals surface area contributed by atoms with Crippen LogP contribution in [0.2, 0.25) is 0 Å². The quantitative estimate of drug-likeness (QED) is 0.646. The number of carbonyl (C=O) groups is 1. The van der Waals surface area contributed by atoms with Crippen molar-refractivity contribution < 1.29 is 23.8 Å². The standard InChI is InChI=1S/C12H13BrF2O3/c1-6(16)7-4-8(10(15)5-9(7)14)12(18)11(17)2-3-13/h4-5,11-12,17-18H,2-3H2,1H3. The zero-order valence-corrected chi connectivity index (χ0v) is 11.2. The number of hydrogen-bond acceptors (Lipinski definition) is 3. The zero-order valence-electron chi connectivity index (χ0n) is 9.66. The van der Waals surface area contributed by atoms with Crippen LogP contribution in [-0.4, -0.2) is 27.4 Å². The van der Waals surface area contributed by atoms with E-state index in [1.165, 1.54) is 0 Å². The first-order valence-electron chi connectivity index (χ1n) is 5.30. The van der Waals surface area contributed by atoms with Gasteiger partial charge in [0.2, 0.25) is 0 Å². The van der Waals surface area contributed by atoms with Gasteiger partial charge in [-0.3, -0.25) is 4.79 Å². The van der Waals surface area contributed by atoms with Crippen molar-refractivity contribution in [1.29, 1.82) is 0 Å². The molecular weight excluding hydrogens is 310 g/mol. The van der Waals surface area contributed by atoms with Crippen LogP contribution in [0.5, 0.6) is 0 Å². The lowest BCUT2D eigenvalue weighted by Gasteiger charge is -2.18. The van der Waals surface area contributed by atoms with Crippen LogP contribution in [-0.2, 0) is 0 Å². The van der Waals surface area contributed by atoms with Crippen molar-refractivity contribution in [3.05, 3.63) is 34.9 Å². The van der Waals surface area contributed by atoms with E-state index in [9.17, 15) is 23.8 Å². The van der Waals surface area contributed by atoms with Gasteiger partial charge in [0.15, 0.2) is 5.78 Å². The number of alkyl halides is 1. The summed E-state index contributed by atoms with van der Waals surface area (Å²) in [4.78, 5) is 11.1. The van der Waals surface area contributed by atoms with Gasteiger partial charge in [-0.15, -0.1) is 0 Å². The molecule has 6 heteroatoms. The molecule has 1 aromatic carbocycles. The predicted octanol–water partition coefficient (Wildman–Crippen LogP) is 2.35. The summed E-state index contributed by atoms with van der Waals surface area (Å²) >= 11 is 3.08. The number of rotatable bonds is 5. The summed E-state index contributed by atoms with van der Waals surface area (Å²) in [6.07, 6.45) is -2.49. The highest BCUT2D eigenvalue weighted by Gasteiger charge is 2.23. The first-order valence-corrected chi connectivity index (χ1v) is 6.42. The Hall–Kier alpha value is -0.850. The van der Waals surface area contributed by atoms with Gasteiger partial charge in [0.25, 0.3) is 0 Å². The van der Waals surface area contributed by atoms with Crippen LogP contribution in [0.25, 0.3) is 0 Å². The van der Waals surface area contributed by atoms with Crippen LogP contribution < -0.4 is 0 Å². The highest BCUT2D eigenvalue weighted by atomic mass is 79.9. The molecule has 0 radical (unpaired) electrons. The van der Waals surface area contributed by atoms with Crippen LogP contribution in [0.3, 0.4) is 0 Å². The number of benzene rings is 1. The predicted molar refractivity (Wildman–Crippen MR) is 65.7 cm³/mol. The molecule has 0 saturated heterocycles. The van der Waals surface area contributed by atoms with Gasteiger partial charge >= 0.3 is 0 Å². The van der Waals surface area contributed by atoms with Gasteiger partial charge in [-0.1, -0.05) is 15.9 Å². The van der Waals surface area contributed by atoms with E-state index < -0.39 is 29.6 Å². The van der Waals surface area contributed by atoms with Crippen molar-refractivity contribution in [3.8, 4) is 0 Å². The summed E-state index contributed by atoms with van der Waals surface area (Å²) in [6, 6.07) is 1.48. The second-order valence-corrected chi connectivity index (χ2v) is 4.69. The van der Waals surface area contributed by atoms with Gasteiger partial charge in [-0.2, -0.15) is 0 Å². The number of aliphatic hydroxyl groups is 2. The number of Topliss-reactive ketones (excluding diaryl/α,β-unsaturated/α-hetero) is 1. The molecule has 0 heterocycles. The van der Waals surface area contributed by atoms with Crippen LogP contribution >= 0.6 is 15.9 Å². The second kappa shape index (κ2) is 6.36. The number of aliphatic hydroxyl groups excluding tert-OH is 2. The monoisotopic (exact) mass is 322 g/mol. The molecule has 0 aromatic heterocycles. The maximum Gasteiger partial charge on any atom is 0.162 e. The van der Waals surface area contributed by atoms with E-state index in [0.29, 0.717) is 11.4 Å². The molecule has 0 aliphatic rings. The van der Waals surface area contributed by atoms with Gasteiger partial charge in [0.1, 0.15) is 17.7 Å². The molecule has 0 spiro atoms. The minimum atomic E-state index is -1.50. The van der Waals surface area contributed by atoms with Gasteiger partial charge in [0.05, 0.1) is 11.7 Å². The Labute approximate surface area is 112 Å². The van der Waals surface area contributed by atoms with Gasteiger partial charge in [-0.25, -0.2) is 8.78 Å². The van der Waals surface area contributed by atoms with Crippen molar-refractivity contribution in [3.63, 3.8) is 0 Å². The topological polar surface area (TPSA) is 57.5 Å². The second-order valence-electron chi connectivity index (χ2n) is 3.90. The first-order chi connectivity index (χ1) is 8.38. The van der Waals surface area contributed by atoms with E-state index in [4.69, 9.17) is 0 Å². The molecule has 1 rings (SSSR count). The number of hydrogen-bond donors (Lipinski definition) is 2. The maximum atomic E-state index is 13.5. The average molecular weight is 323 g/mol. The van der Waals surface area contributed by atoms with E-state index in [1.54, 1.807) is 0 Å². The smallest absolute Gasteiger partial charge is 0.162 e. The van der Waals surface area contributed by atoms with Crippen molar-refractivity contribution in [2.75, 3.05) is 5.33 Å². The van der Waals surface area contributed by atoms with Crippen LogP contribution in [0.15, 0.2) is 12.1 Å². The lowest BCUT2D eigenvalue weighted by atomic mass is 9.98. The summed E-state index contributed by atoms with van der Waals surface area (Å²) < 4.78 is 26.8. The Morgan fingerprint density at radius 2 is 1.94 bits per heavy atom. The minimum absolute atomic E-state index is 0.202. The summed E-state index contributed by atoms with van der Waals surface area (Å²) in [5.74, 6) is -2.54. The van der Waals surface area contributed by atoms with E-state index in [1.807, 2.05) is 0 Å². The third-order valence-electron chi connectivity index (χ3n) is 2.55. The molecule has 2 unspecified atom stereocenters. The largest absolute Gasteiger partial charge is 0.390 e. The van der Waals surface area contributed by atoms with Crippen LogP contribution in [0.4, 0.5) is 8.78 Å². The number of carbonyl (C=O) groups excluding carboxylic acids is 1. The minimum Gasteiger partial charge on any atom is -0.390 e. The Balaban J connectivity index is 3.15. The fraction of sp³-hybridized carbons (Fsp3) is 0.417. The highest BCUT2D eigenvalue weighted by Crippen LogP contribution is 2.25. The fourth-order valence-electron chi connectivity index (χ4n) is 1.54. The number of ketones is 1. The molecule has 0 amide bonds. The molecule has 18 heavy (non-hydrogen) atoms. The lowest BCUT2D eigenvalue weighted by molar-refractivity contribution is 0.0152. The van der Waals surface area contributed by atoms with Crippen molar-refractivity contribution >= 4 is 21.7 Å². The number of halogens is 3. The molecule has 0 aliphatic carbocycles. The molecule has 0 bridgehead atoms. The summed E-state index contributed by atoms with van der Waals surface area (Å²) in [5, 5.41) is 19.7. The Kier molecular flexibility index (Phi) is 5.37. The molecule has 1 aromatic rings. The van der Waals surface area contributed by atoms with Crippen LogP contribution in [0, 0.1) is 11.6 Å². The molecule has 2 N–H and O–H groups in total. The normalized spacial score (nSPS) is 14.3. The van der Waals surface area contributed by atoms with E-state index in [0.717, 1.165) is 13.0 Å². The van der Waals surface area contributed by atoms with Crippen molar-refractivity contribution in [2.24, 2.45) is 0 Å². The highest BCUT2D eigenvalue weighted by molar-refractivity contribution is 9.09. The third-order valence-corrected chi connectivity index (χ3v) is 3.01. The molecule has 3 nitrogen and oxygen atoms in total. The SMILES string of the molecule is CC(=O)c1cc(C(O)C(O)CCBr)c(F)cc1F. The third kappa shape index (κ3) is 3.34. The van der Waals surface area contributed by atoms with Gasteiger partial charge < -0.3 is 10.2 Å². The lowest BCUT2D eigenvalue weighted by Crippen LogP contribution is -2.20. The van der Waals surface area contributed by atoms with Gasteiger partial charge in [-0.05, 0) is 19.4 Å². The summed E-state index contributed by atoms with van der Waals surface area (Å²) in [7, 11) is 0. The van der Waals surface area contributed by atoms with E-state index in [-0.39, 0.29) is 17.5 Å². The molecule has 0 aliphatic heterocycles. The Morgan fingerprint density at radius 3 is 2.44 bits per heavy atom. The molecule has 100 valence electrons. The Bertz CT molecular complexity index is 451. The van der Waals surface area contributed by atoms with Crippen molar-refractivity contribution in [2.45, 2.75) is 25.6 Å². The average Bonchev–Trinajstić information content (AvgIpc) is 2.28. The molecular formula is C12H13BrF2O3. The molecule has 2 atom stereocenters. The van der Waals surface area contributed by atoms with Crippen molar-refractivity contribution in [1.82, 2.24) is 0 Å². The maximum absolute atomic E-state index is 13.5. The van der Waals surface area contributed by atoms with Gasteiger partial charge in [0, 0.05) is 17.0 Å². The summed E-state index contributed by atoms with van der Waals surface area (Å²) in [6.45, 7) is 1.14. The first kappa shape index (κ1) is 15.2. The molecule has 0 saturated carbocycles.